The minimum atomic E-state index is -0.746. The standard InChI is InChI=1S/C27H33NO6/c1-16(2)18-7-9-19(10-8-18)24-23(26(30)27(31)28(24)13-14-34-17(3)4)25(29)21-12-11-20(32-5)15-22(21)33-6/h7-12,15-17,24,29H,13-14H2,1-6H3/b25-23-. The summed E-state index contributed by atoms with van der Waals surface area (Å²) in [6.45, 7) is 8.51. The van der Waals surface area contributed by atoms with Crippen LogP contribution < -0.4 is 9.47 Å². The van der Waals surface area contributed by atoms with E-state index in [1.165, 1.54) is 19.1 Å². The Labute approximate surface area is 200 Å². The number of hydrogen-bond acceptors (Lipinski definition) is 6. The molecule has 2 aromatic rings. The van der Waals surface area contributed by atoms with Crippen LogP contribution in [0.1, 0.15) is 56.3 Å². The Morgan fingerprint density at radius 1 is 1.00 bits per heavy atom. The molecule has 0 spiro atoms. The van der Waals surface area contributed by atoms with Crippen molar-refractivity contribution in [3.63, 3.8) is 0 Å². The number of carbonyl (C=O) groups excluding carboxylic acids is 2. The van der Waals surface area contributed by atoms with Crippen LogP contribution >= 0.6 is 0 Å². The molecule has 34 heavy (non-hydrogen) atoms. The summed E-state index contributed by atoms with van der Waals surface area (Å²) in [5.74, 6) is -0.482. The molecule has 0 saturated carbocycles. The number of Topliss-reactive ketones (excluding diaryl/α,β-unsaturated/α-hetero) is 1. The molecule has 3 rings (SSSR count). The zero-order chi connectivity index (χ0) is 25.0. The van der Waals surface area contributed by atoms with E-state index in [2.05, 4.69) is 13.8 Å². The summed E-state index contributed by atoms with van der Waals surface area (Å²) >= 11 is 0. The van der Waals surface area contributed by atoms with Gasteiger partial charge in [-0.15, -0.1) is 0 Å². The topological polar surface area (TPSA) is 85.3 Å². The molecule has 0 bridgehead atoms. The number of ether oxygens (including phenoxy) is 3. The Morgan fingerprint density at radius 2 is 1.68 bits per heavy atom. The first kappa shape index (κ1) is 25.3. The Bertz CT molecular complexity index is 1070. The van der Waals surface area contributed by atoms with Crippen molar-refractivity contribution in [1.82, 2.24) is 4.90 Å². The van der Waals surface area contributed by atoms with Crippen LogP contribution in [0.4, 0.5) is 0 Å². The molecule has 7 nitrogen and oxygen atoms in total. The third-order valence-electron chi connectivity index (χ3n) is 5.91. The maximum atomic E-state index is 13.2. The highest BCUT2D eigenvalue weighted by Crippen LogP contribution is 2.41. The number of rotatable bonds is 9. The van der Waals surface area contributed by atoms with Gasteiger partial charge in [-0.1, -0.05) is 38.1 Å². The third kappa shape index (κ3) is 5.09. The van der Waals surface area contributed by atoms with Gasteiger partial charge in [-0.25, -0.2) is 0 Å². The predicted octanol–water partition coefficient (Wildman–Crippen LogP) is 4.67. The number of hydrogen-bond donors (Lipinski definition) is 1. The molecule has 1 heterocycles. The number of ketones is 1. The third-order valence-corrected chi connectivity index (χ3v) is 5.91. The molecular formula is C27H33NO6. The van der Waals surface area contributed by atoms with Crippen molar-refractivity contribution in [2.45, 2.75) is 45.8 Å². The van der Waals surface area contributed by atoms with Crippen molar-refractivity contribution in [3.05, 3.63) is 64.7 Å². The fourth-order valence-electron chi connectivity index (χ4n) is 4.05. The maximum absolute atomic E-state index is 13.2. The average molecular weight is 468 g/mol. The van der Waals surface area contributed by atoms with Gasteiger partial charge in [-0.2, -0.15) is 0 Å². The second-order valence-corrected chi connectivity index (χ2v) is 8.80. The Kier molecular flexibility index (Phi) is 7.99. The van der Waals surface area contributed by atoms with Crippen molar-refractivity contribution in [1.29, 1.82) is 0 Å². The SMILES string of the molecule is COc1ccc(/C(O)=C2/C(=O)C(=O)N(CCOC(C)C)C2c2ccc(C(C)C)cc2)c(OC)c1. The number of aliphatic hydroxyl groups is 1. The highest BCUT2D eigenvalue weighted by molar-refractivity contribution is 6.46. The van der Waals surface area contributed by atoms with Crippen molar-refractivity contribution < 1.29 is 28.9 Å². The minimum Gasteiger partial charge on any atom is -0.507 e. The molecule has 1 unspecified atom stereocenters. The van der Waals surface area contributed by atoms with E-state index in [-0.39, 0.29) is 30.6 Å². The zero-order valence-electron chi connectivity index (χ0n) is 20.6. The molecule has 1 saturated heterocycles. The molecule has 0 aromatic heterocycles. The van der Waals surface area contributed by atoms with E-state index < -0.39 is 17.7 Å². The quantitative estimate of drug-likeness (QED) is 0.328. The lowest BCUT2D eigenvalue weighted by Crippen LogP contribution is -2.33. The normalized spacial score (nSPS) is 17.6. The van der Waals surface area contributed by atoms with Crippen LogP contribution in [-0.4, -0.2) is 55.2 Å². The smallest absolute Gasteiger partial charge is 0.295 e. The summed E-state index contributed by atoms with van der Waals surface area (Å²) in [6, 6.07) is 11.9. The largest absolute Gasteiger partial charge is 0.507 e. The lowest BCUT2D eigenvalue weighted by molar-refractivity contribution is -0.140. The van der Waals surface area contributed by atoms with E-state index in [4.69, 9.17) is 14.2 Å². The highest BCUT2D eigenvalue weighted by Gasteiger charge is 2.46. The van der Waals surface area contributed by atoms with Gasteiger partial charge in [0.15, 0.2) is 0 Å². The summed E-state index contributed by atoms with van der Waals surface area (Å²) in [5, 5.41) is 11.3. The lowest BCUT2D eigenvalue weighted by Gasteiger charge is -2.26. The summed E-state index contributed by atoms with van der Waals surface area (Å²) in [5.41, 5.74) is 2.21. The first-order chi connectivity index (χ1) is 16.2. The van der Waals surface area contributed by atoms with E-state index in [1.54, 1.807) is 18.2 Å². The van der Waals surface area contributed by atoms with E-state index in [0.717, 1.165) is 11.1 Å². The molecule has 2 aromatic carbocycles. The van der Waals surface area contributed by atoms with Crippen LogP contribution in [0.25, 0.3) is 5.76 Å². The van der Waals surface area contributed by atoms with Crippen molar-refractivity contribution in [3.8, 4) is 11.5 Å². The molecule has 1 aliphatic heterocycles. The predicted molar refractivity (Wildman–Crippen MR) is 130 cm³/mol. The first-order valence-electron chi connectivity index (χ1n) is 11.4. The summed E-state index contributed by atoms with van der Waals surface area (Å²) < 4.78 is 16.3. The minimum absolute atomic E-state index is 0.0100. The molecule has 1 N–H and O–H groups in total. The van der Waals surface area contributed by atoms with Crippen LogP contribution in [-0.2, 0) is 14.3 Å². The van der Waals surface area contributed by atoms with Gasteiger partial charge in [0.25, 0.3) is 11.7 Å². The molecule has 1 aliphatic rings. The van der Waals surface area contributed by atoms with E-state index in [0.29, 0.717) is 23.0 Å². The fourth-order valence-corrected chi connectivity index (χ4v) is 4.05. The van der Waals surface area contributed by atoms with Gasteiger partial charge in [0.2, 0.25) is 0 Å². The van der Waals surface area contributed by atoms with Gasteiger partial charge in [0.05, 0.1) is 44.1 Å². The maximum Gasteiger partial charge on any atom is 0.295 e. The van der Waals surface area contributed by atoms with Gasteiger partial charge >= 0.3 is 0 Å². The molecule has 0 aliphatic carbocycles. The Hall–Kier alpha value is -3.32. The number of methoxy groups -OCH3 is 2. The number of amides is 1. The zero-order valence-corrected chi connectivity index (χ0v) is 20.6. The number of aliphatic hydroxyl groups excluding tert-OH is 1. The van der Waals surface area contributed by atoms with Gasteiger partial charge in [0.1, 0.15) is 17.3 Å². The molecule has 0 radical (unpaired) electrons. The molecular weight excluding hydrogens is 434 g/mol. The fraction of sp³-hybridized carbons (Fsp3) is 0.407. The van der Waals surface area contributed by atoms with Gasteiger partial charge in [0, 0.05) is 12.6 Å². The number of likely N-dealkylation sites (tertiary alicyclic amines) is 1. The van der Waals surface area contributed by atoms with Gasteiger partial charge < -0.3 is 24.2 Å². The van der Waals surface area contributed by atoms with Crippen LogP contribution in [0.5, 0.6) is 11.5 Å². The van der Waals surface area contributed by atoms with Gasteiger partial charge in [-0.05, 0) is 43.0 Å². The lowest BCUT2D eigenvalue weighted by atomic mass is 9.93. The number of carbonyl (C=O) groups is 2. The summed E-state index contributed by atoms with van der Waals surface area (Å²) in [7, 11) is 3.00. The molecule has 1 atom stereocenters. The molecule has 182 valence electrons. The van der Waals surface area contributed by atoms with Gasteiger partial charge in [-0.3, -0.25) is 9.59 Å². The highest BCUT2D eigenvalue weighted by atomic mass is 16.5. The summed E-state index contributed by atoms with van der Waals surface area (Å²) in [4.78, 5) is 27.7. The van der Waals surface area contributed by atoms with Crippen LogP contribution in [0.3, 0.4) is 0 Å². The van der Waals surface area contributed by atoms with Crippen molar-refractivity contribution in [2.24, 2.45) is 0 Å². The van der Waals surface area contributed by atoms with E-state index >= 15 is 0 Å². The second kappa shape index (κ2) is 10.7. The Balaban J connectivity index is 2.14. The van der Waals surface area contributed by atoms with Crippen LogP contribution in [0, 0.1) is 0 Å². The average Bonchev–Trinajstić information content (AvgIpc) is 3.08. The van der Waals surface area contributed by atoms with E-state index in [1.807, 2.05) is 38.1 Å². The van der Waals surface area contributed by atoms with Crippen molar-refractivity contribution in [2.75, 3.05) is 27.4 Å². The number of nitrogens with zero attached hydrogens (tertiary/aromatic N) is 1. The molecule has 7 heteroatoms. The van der Waals surface area contributed by atoms with Crippen LogP contribution in [0.15, 0.2) is 48.0 Å². The van der Waals surface area contributed by atoms with E-state index in [9.17, 15) is 14.7 Å². The summed E-state index contributed by atoms with van der Waals surface area (Å²) in [6.07, 6.45) is -0.0100. The second-order valence-electron chi connectivity index (χ2n) is 8.80. The van der Waals surface area contributed by atoms with Crippen LogP contribution in [0.2, 0.25) is 0 Å². The monoisotopic (exact) mass is 467 g/mol. The number of benzene rings is 2. The van der Waals surface area contributed by atoms with Crippen molar-refractivity contribution >= 4 is 17.4 Å². The molecule has 1 fully saturated rings. The molecule has 1 amide bonds. The Morgan fingerprint density at radius 3 is 2.24 bits per heavy atom. The first-order valence-corrected chi connectivity index (χ1v) is 11.4.